The zero-order valence-corrected chi connectivity index (χ0v) is 11.6. The molecule has 0 aromatic heterocycles. The predicted octanol–water partition coefficient (Wildman–Crippen LogP) is 1.23. The number of likely N-dealkylation sites (N-methyl/N-ethyl adjacent to an activating group) is 1. The maximum atomic E-state index is 10.7. The van der Waals surface area contributed by atoms with E-state index >= 15 is 0 Å². The van der Waals surface area contributed by atoms with Gasteiger partial charge in [-0.3, -0.25) is 9.69 Å². The number of methoxy groups -OCH3 is 3. The summed E-state index contributed by atoms with van der Waals surface area (Å²) in [4.78, 5) is 12.3. The molecule has 0 saturated heterocycles. The van der Waals surface area contributed by atoms with Gasteiger partial charge in [-0.15, -0.1) is 0 Å². The van der Waals surface area contributed by atoms with Crippen LogP contribution in [0.3, 0.4) is 0 Å². The Morgan fingerprint density at radius 3 is 2.05 bits per heavy atom. The Labute approximate surface area is 112 Å². The molecule has 0 saturated carbocycles. The maximum absolute atomic E-state index is 10.7. The molecule has 0 amide bonds. The highest BCUT2D eigenvalue weighted by Crippen LogP contribution is 2.34. The highest BCUT2D eigenvalue weighted by atomic mass is 16.5. The lowest BCUT2D eigenvalue weighted by molar-refractivity contribution is -0.138. The van der Waals surface area contributed by atoms with E-state index in [-0.39, 0.29) is 6.54 Å². The largest absolute Gasteiger partial charge is 0.496 e. The molecule has 6 nitrogen and oxygen atoms in total. The van der Waals surface area contributed by atoms with Crippen molar-refractivity contribution in [2.75, 3.05) is 34.9 Å². The lowest BCUT2D eigenvalue weighted by atomic mass is 10.1. The minimum Gasteiger partial charge on any atom is -0.496 e. The smallest absolute Gasteiger partial charge is 0.317 e. The van der Waals surface area contributed by atoms with E-state index < -0.39 is 5.97 Å². The molecule has 0 atom stereocenters. The van der Waals surface area contributed by atoms with Crippen LogP contribution in [0.25, 0.3) is 0 Å². The van der Waals surface area contributed by atoms with Crippen molar-refractivity contribution in [3.63, 3.8) is 0 Å². The normalized spacial score (nSPS) is 10.4. The molecule has 19 heavy (non-hydrogen) atoms. The Morgan fingerprint density at radius 2 is 1.68 bits per heavy atom. The third-order valence-electron chi connectivity index (χ3n) is 2.65. The second-order valence-electron chi connectivity index (χ2n) is 4.08. The Morgan fingerprint density at radius 1 is 1.16 bits per heavy atom. The lowest BCUT2D eigenvalue weighted by Crippen LogP contribution is -2.25. The molecule has 0 spiro atoms. The summed E-state index contributed by atoms with van der Waals surface area (Å²) < 4.78 is 15.8. The zero-order chi connectivity index (χ0) is 14.4. The van der Waals surface area contributed by atoms with Gasteiger partial charge in [0.2, 0.25) is 0 Å². The van der Waals surface area contributed by atoms with Crippen LogP contribution in [-0.4, -0.2) is 50.9 Å². The standard InChI is InChI=1S/C13H19NO5/c1-14(8-13(15)16)7-10-11(18-3)5-9(17-2)6-12(10)19-4/h5-6H,7-8H2,1-4H3,(H,15,16). The molecule has 0 radical (unpaired) electrons. The van der Waals surface area contributed by atoms with Crippen molar-refractivity contribution in [1.29, 1.82) is 0 Å². The third-order valence-corrected chi connectivity index (χ3v) is 2.65. The van der Waals surface area contributed by atoms with Crippen LogP contribution in [-0.2, 0) is 11.3 Å². The minimum absolute atomic E-state index is 0.0572. The number of nitrogens with zero attached hydrogens (tertiary/aromatic N) is 1. The summed E-state index contributed by atoms with van der Waals surface area (Å²) in [6, 6.07) is 3.49. The van der Waals surface area contributed by atoms with Gasteiger partial charge in [0.15, 0.2) is 0 Å². The Bertz CT molecular complexity index is 422. The van der Waals surface area contributed by atoms with Crippen LogP contribution in [0, 0.1) is 0 Å². The summed E-state index contributed by atoms with van der Waals surface area (Å²) in [7, 11) is 6.38. The van der Waals surface area contributed by atoms with Crippen molar-refractivity contribution in [3.05, 3.63) is 17.7 Å². The first-order valence-corrected chi connectivity index (χ1v) is 5.71. The molecular weight excluding hydrogens is 250 g/mol. The van der Waals surface area contributed by atoms with Gasteiger partial charge in [-0.2, -0.15) is 0 Å². The van der Waals surface area contributed by atoms with E-state index in [4.69, 9.17) is 19.3 Å². The number of hydrogen-bond acceptors (Lipinski definition) is 5. The molecule has 0 heterocycles. The fourth-order valence-corrected chi connectivity index (χ4v) is 1.79. The first kappa shape index (κ1) is 15.1. The Kier molecular flexibility index (Phi) is 5.44. The summed E-state index contributed by atoms with van der Waals surface area (Å²) in [5.41, 5.74) is 0.787. The number of carboxylic acids is 1. The fourth-order valence-electron chi connectivity index (χ4n) is 1.79. The highest BCUT2D eigenvalue weighted by Gasteiger charge is 2.16. The summed E-state index contributed by atoms with van der Waals surface area (Å²) >= 11 is 0. The first-order chi connectivity index (χ1) is 9.01. The van der Waals surface area contributed by atoms with Crippen molar-refractivity contribution < 1.29 is 24.1 Å². The second kappa shape index (κ2) is 6.84. The van der Waals surface area contributed by atoms with E-state index in [1.54, 1.807) is 45.4 Å². The highest BCUT2D eigenvalue weighted by molar-refractivity contribution is 5.69. The van der Waals surface area contributed by atoms with Crippen molar-refractivity contribution in [2.24, 2.45) is 0 Å². The molecule has 0 aliphatic carbocycles. The topological polar surface area (TPSA) is 68.2 Å². The molecule has 0 aliphatic rings. The molecule has 6 heteroatoms. The SMILES string of the molecule is COc1cc(OC)c(CN(C)CC(=O)O)c(OC)c1. The lowest BCUT2D eigenvalue weighted by Gasteiger charge is -2.19. The van der Waals surface area contributed by atoms with Gasteiger partial charge in [-0.05, 0) is 7.05 Å². The number of carboxylic acid groups (broad SMARTS) is 1. The molecule has 0 bridgehead atoms. The van der Waals surface area contributed by atoms with Gasteiger partial charge in [0.25, 0.3) is 0 Å². The van der Waals surface area contributed by atoms with Crippen LogP contribution in [0.2, 0.25) is 0 Å². The van der Waals surface area contributed by atoms with E-state index in [1.165, 1.54) is 0 Å². The van der Waals surface area contributed by atoms with Crippen molar-refractivity contribution in [3.8, 4) is 17.2 Å². The van der Waals surface area contributed by atoms with Gasteiger partial charge in [0.1, 0.15) is 17.2 Å². The molecule has 1 N–H and O–H groups in total. The van der Waals surface area contributed by atoms with Gasteiger partial charge in [-0.1, -0.05) is 0 Å². The van der Waals surface area contributed by atoms with Gasteiger partial charge in [0, 0.05) is 18.7 Å². The summed E-state index contributed by atoms with van der Waals surface area (Å²) in [5.74, 6) is 0.953. The number of rotatable bonds is 7. The van der Waals surface area contributed by atoms with Crippen molar-refractivity contribution in [2.45, 2.75) is 6.54 Å². The summed E-state index contributed by atoms with van der Waals surface area (Å²) in [6.45, 7) is 0.348. The first-order valence-electron chi connectivity index (χ1n) is 5.71. The monoisotopic (exact) mass is 269 g/mol. The van der Waals surface area contributed by atoms with Crippen molar-refractivity contribution >= 4 is 5.97 Å². The average molecular weight is 269 g/mol. The van der Waals surface area contributed by atoms with E-state index in [0.29, 0.717) is 23.8 Å². The van der Waals surface area contributed by atoms with Gasteiger partial charge in [-0.25, -0.2) is 0 Å². The predicted molar refractivity (Wildman–Crippen MR) is 70.1 cm³/mol. The summed E-state index contributed by atoms with van der Waals surface area (Å²) in [6.07, 6.45) is 0. The van der Waals surface area contributed by atoms with Crippen LogP contribution in [0.4, 0.5) is 0 Å². The molecule has 1 aromatic rings. The average Bonchev–Trinajstić information content (AvgIpc) is 2.37. The quantitative estimate of drug-likeness (QED) is 0.803. The van der Waals surface area contributed by atoms with Crippen LogP contribution >= 0.6 is 0 Å². The summed E-state index contributed by atoms with van der Waals surface area (Å²) in [5, 5.41) is 8.77. The van der Waals surface area contributed by atoms with E-state index in [2.05, 4.69) is 0 Å². The number of hydrogen-bond donors (Lipinski definition) is 1. The van der Waals surface area contributed by atoms with Gasteiger partial charge < -0.3 is 19.3 Å². The maximum Gasteiger partial charge on any atom is 0.317 e. The number of aliphatic carboxylic acids is 1. The Balaban J connectivity index is 3.06. The van der Waals surface area contributed by atoms with Crippen LogP contribution in [0.1, 0.15) is 5.56 Å². The fraction of sp³-hybridized carbons (Fsp3) is 0.462. The van der Waals surface area contributed by atoms with Crippen LogP contribution < -0.4 is 14.2 Å². The van der Waals surface area contributed by atoms with E-state index in [9.17, 15) is 4.79 Å². The number of carbonyl (C=O) groups is 1. The molecule has 1 rings (SSSR count). The third kappa shape index (κ3) is 4.03. The molecule has 0 fully saturated rings. The molecule has 106 valence electrons. The van der Waals surface area contributed by atoms with E-state index in [1.807, 2.05) is 0 Å². The number of ether oxygens (including phenoxy) is 3. The zero-order valence-electron chi connectivity index (χ0n) is 11.6. The molecular formula is C13H19NO5. The second-order valence-corrected chi connectivity index (χ2v) is 4.08. The Hall–Kier alpha value is -1.95. The number of benzene rings is 1. The van der Waals surface area contributed by atoms with Gasteiger partial charge >= 0.3 is 5.97 Å². The van der Waals surface area contributed by atoms with Crippen LogP contribution in [0.15, 0.2) is 12.1 Å². The molecule has 0 aliphatic heterocycles. The van der Waals surface area contributed by atoms with E-state index in [0.717, 1.165) is 5.56 Å². The molecule has 1 aromatic carbocycles. The minimum atomic E-state index is -0.881. The molecule has 0 unspecified atom stereocenters. The van der Waals surface area contributed by atoms with Crippen molar-refractivity contribution in [1.82, 2.24) is 4.90 Å². The van der Waals surface area contributed by atoms with Crippen LogP contribution in [0.5, 0.6) is 17.2 Å². The van der Waals surface area contributed by atoms with Gasteiger partial charge in [0.05, 0.1) is 33.4 Å².